The molecule has 0 aliphatic carbocycles. The molecule has 10 heteroatoms. The van der Waals surface area contributed by atoms with Gasteiger partial charge in [0.1, 0.15) is 0 Å². The second-order valence-electron chi connectivity index (χ2n) is 15.4. The summed E-state index contributed by atoms with van der Waals surface area (Å²) in [6.07, 6.45) is 20.2. The number of ketones is 1. The average molecular weight is 774 g/mol. The number of Topliss-reactive ketones (excluding diaryl/α,β-unsaturated/α-hetero) is 1. The van der Waals surface area contributed by atoms with Gasteiger partial charge in [-0.05, 0) is 69.2 Å². The molecule has 0 saturated heterocycles. The Bertz CT molecular complexity index is 1560. The van der Waals surface area contributed by atoms with Crippen molar-refractivity contribution in [1.82, 2.24) is 4.31 Å². The van der Waals surface area contributed by atoms with E-state index < -0.39 is 27.1 Å². The van der Waals surface area contributed by atoms with Gasteiger partial charge < -0.3 is 10.2 Å². The quantitative estimate of drug-likeness (QED) is 0.0583. The van der Waals surface area contributed by atoms with Crippen LogP contribution < -0.4 is 10.2 Å². The van der Waals surface area contributed by atoms with Crippen molar-refractivity contribution in [2.45, 2.75) is 156 Å². The number of benzene rings is 2. The molecule has 0 aromatic heterocycles. The fraction of sp³-hybridized carbons (Fsp3) is 0.651. The third-order valence-corrected chi connectivity index (χ3v) is 12.1. The van der Waals surface area contributed by atoms with Crippen LogP contribution in [0.5, 0.6) is 0 Å². The molecule has 0 radical (unpaired) electrons. The van der Waals surface area contributed by atoms with Crippen LogP contribution in [0.1, 0.15) is 150 Å². The third-order valence-electron chi connectivity index (χ3n) is 9.87. The summed E-state index contributed by atoms with van der Waals surface area (Å²) in [5.74, 6) is -1.20. The number of amides is 1. The Kier molecular flexibility index (Phi) is 20.9. The van der Waals surface area contributed by atoms with E-state index in [0.717, 1.165) is 43.6 Å². The Labute approximate surface area is 327 Å². The van der Waals surface area contributed by atoms with Gasteiger partial charge in [0, 0.05) is 37.8 Å². The van der Waals surface area contributed by atoms with Crippen LogP contribution in [0, 0.1) is 12.3 Å². The van der Waals surface area contributed by atoms with Crippen LogP contribution in [0.2, 0.25) is 5.02 Å². The van der Waals surface area contributed by atoms with E-state index in [1.807, 2.05) is 25.1 Å². The highest BCUT2D eigenvalue weighted by molar-refractivity contribution is 7.89. The number of halogens is 1. The summed E-state index contributed by atoms with van der Waals surface area (Å²) < 4.78 is 28.4. The molecule has 0 saturated carbocycles. The lowest BCUT2D eigenvalue weighted by Gasteiger charge is -2.22. The number of hydrogen-bond acceptors (Lipinski definition) is 6. The van der Waals surface area contributed by atoms with Crippen molar-refractivity contribution in [2.24, 2.45) is 10.4 Å². The molecule has 1 N–H and O–H groups in total. The maximum absolute atomic E-state index is 13.7. The fourth-order valence-corrected chi connectivity index (χ4v) is 7.76. The molecule has 53 heavy (non-hydrogen) atoms. The molecule has 0 heterocycles. The maximum Gasteiger partial charge on any atom is 0.278 e. The molecule has 0 aliphatic heterocycles. The molecule has 0 bridgehead atoms. The number of aryl methyl sites for hydroxylation is 1. The molecular weight excluding hydrogens is 704 g/mol. The highest BCUT2D eigenvalue weighted by Crippen LogP contribution is 2.29. The summed E-state index contributed by atoms with van der Waals surface area (Å²) in [5.41, 5.74) is 1.28. The van der Waals surface area contributed by atoms with Crippen molar-refractivity contribution < 1.29 is 18.0 Å². The van der Waals surface area contributed by atoms with Crippen LogP contribution in [-0.2, 0) is 19.6 Å². The van der Waals surface area contributed by atoms with Crippen LogP contribution in [0.25, 0.3) is 0 Å². The molecule has 298 valence electrons. The Hall–Kier alpha value is -2.75. The first-order valence-electron chi connectivity index (χ1n) is 20.2. The van der Waals surface area contributed by atoms with Crippen LogP contribution in [0.4, 0.5) is 17.1 Å². The first kappa shape index (κ1) is 46.4. The Morgan fingerprint density at radius 3 is 1.74 bits per heavy atom. The molecular formula is C43H69ClN4O4S. The third kappa shape index (κ3) is 15.9. The molecule has 2 aromatic rings. The van der Waals surface area contributed by atoms with Crippen LogP contribution in [-0.4, -0.2) is 56.8 Å². The summed E-state index contributed by atoms with van der Waals surface area (Å²) in [7, 11) is -2.26. The van der Waals surface area contributed by atoms with Gasteiger partial charge in [-0.1, -0.05) is 136 Å². The first-order chi connectivity index (χ1) is 25.2. The van der Waals surface area contributed by atoms with E-state index in [1.54, 1.807) is 27.8 Å². The molecule has 1 amide bonds. The van der Waals surface area contributed by atoms with Gasteiger partial charge in [0.15, 0.2) is 11.5 Å². The van der Waals surface area contributed by atoms with Gasteiger partial charge in [-0.2, -0.15) is 0 Å². The Morgan fingerprint density at radius 1 is 0.755 bits per heavy atom. The number of nitrogens with zero attached hydrogens (tertiary/aromatic N) is 3. The number of aliphatic imine (C=N–C) groups is 1. The summed E-state index contributed by atoms with van der Waals surface area (Å²) >= 11 is 6.46. The van der Waals surface area contributed by atoms with Crippen molar-refractivity contribution in [3.8, 4) is 0 Å². The minimum Gasteiger partial charge on any atom is -0.372 e. The standard InChI is InChI=1S/C43H69ClN4O4S/c1-9-12-13-14-15-16-17-18-19-20-21-22-23-24-25-26-31-47(8)53(51,52)36-28-29-37(44)39(33-36)46-42(50)40(41(49)43(5,6)7)45-38-30-27-35(32-34(38)4)48(10-2)11-3/h27-30,32-33H,9-26,31H2,1-8H3,(H,46,50). The van der Waals surface area contributed by atoms with Gasteiger partial charge in [0.2, 0.25) is 10.0 Å². The number of carbonyl (C=O) groups is 2. The topological polar surface area (TPSA) is 99.2 Å². The van der Waals surface area contributed by atoms with Crippen molar-refractivity contribution in [1.29, 1.82) is 0 Å². The van der Waals surface area contributed by atoms with E-state index in [1.165, 1.54) is 106 Å². The zero-order valence-corrected chi connectivity index (χ0v) is 35.7. The second kappa shape index (κ2) is 23.9. The molecule has 2 aromatic carbocycles. The number of rotatable bonds is 26. The largest absolute Gasteiger partial charge is 0.372 e. The van der Waals surface area contributed by atoms with Crippen LogP contribution in [0.3, 0.4) is 0 Å². The van der Waals surface area contributed by atoms with Gasteiger partial charge >= 0.3 is 0 Å². The van der Waals surface area contributed by atoms with Gasteiger partial charge in [-0.15, -0.1) is 0 Å². The lowest BCUT2D eigenvalue weighted by molar-refractivity contribution is -0.121. The monoisotopic (exact) mass is 772 g/mol. The summed E-state index contributed by atoms with van der Waals surface area (Å²) in [4.78, 5) is 34.0. The van der Waals surface area contributed by atoms with Crippen molar-refractivity contribution in [3.05, 3.63) is 47.0 Å². The molecule has 8 nitrogen and oxygen atoms in total. The number of unbranched alkanes of at least 4 members (excludes halogenated alkanes) is 15. The normalized spacial score (nSPS) is 12.4. The highest BCUT2D eigenvalue weighted by Gasteiger charge is 2.32. The number of sulfonamides is 1. The first-order valence-corrected chi connectivity index (χ1v) is 22.0. The maximum atomic E-state index is 13.7. The minimum atomic E-state index is -3.84. The molecule has 2 rings (SSSR count). The van der Waals surface area contributed by atoms with Crippen molar-refractivity contribution in [3.63, 3.8) is 0 Å². The van der Waals surface area contributed by atoms with Gasteiger partial charge in [-0.3, -0.25) is 9.59 Å². The number of carbonyl (C=O) groups excluding carboxylic acids is 2. The molecule has 0 spiro atoms. The highest BCUT2D eigenvalue weighted by atomic mass is 35.5. The number of nitrogens with one attached hydrogen (secondary N) is 1. The molecule has 0 atom stereocenters. The lowest BCUT2D eigenvalue weighted by Crippen LogP contribution is -2.37. The predicted octanol–water partition coefficient (Wildman–Crippen LogP) is 11.7. The average Bonchev–Trinajstić information content (AvgIpc) is 3.11. The zero-order chi connectivity index (χ0) is 39.4. The fourth-order valence-electron chi connectivity index (χ4n) is 6.36. The lowest BCUT2D eigenvalue weighted by atomic mass is 9.87. The van der Waals surface area contributed by atoms with E-state index in [4.69, 9.17) is 11.6 Å². The van der Waals surface area contributed by atoms with Crippen LogP contribution in [0.15, 0.2) is 46.3 Å². The molecule has 0 aliphatic rings. The Morgan fingerprint density at radius 2 is 1.26 bits per heavy atom. The SMILES string of the molecule is CCCCCCCCCCCCCCCCCCN(C)S(=O)(=O)c1ccc(Cl)c(NC(=O)C(=Nc2ccc(N(CC)CC)cc2C)C(=O)C(C)(C)C)c1. The smallest absolute Gasteiger partial charge is 0.278 e. The van der Waals surface area contributed by atoms with E-state index in [9.17, 15) is 18.0 Å². The van der Waals surface area contributed by atoms with E-state index >= 15 is 0 Å². The summed E-state index contributed by atoms with van der Waals surface area (Å²) in [6.45, 7) is 15.6. The Balaban J connectivity index is 1.97. The summed E-state index contributed by atoms with van der Waals surface area (Å²) in [5, 5.41) is 2.84. The predicted molar refractivity (Wildman–Crippen MR) is 226 cm³/mol. The second-order valence-corrected chi connectivity index (χ2v) is 17.9. The number of anilines is 2. The van der Waals surface area contributed by atoms with E-state index in [2.05, 4.69) is 36.0 Å². The van der Waals surface area contributed by atoms with Gasteiger partial charge in [0.05, 0.1) is 21.3 Å². The van der Waals surface area contributed by atoms with Gasteiger partial charge in [0.25, 0.3) is 5.91 Å². The van der Waals surface area contributed by atoms with Gasteiger partial charge in [-0.25, -0.2) is 17.7 Å². The number of hydrogen-bond donors (Lipinski definition) is 1. The molecule has 0 unspecified atom stereocenters. The van der Waals surface area contributed by atoms with E-state index in [0.29, 0.717) is 12.2 Å². The van der Waals surface area contributed by atoms with Crippen molar-refractivity contribution in [2.75, 3.05) is 36.9 Å². The van der Waals surface area contributed by atoms with Crippen LogP contribution >= 0.6 is 11.6 Å². The zero-order valence-electron chi connectivity index (χ0n) is 34.2. The minimum absolute atomic E-state index is 0.0136. The van der Waals surface area contributed by atoms with E-state index in [-0.39, 0.29) is 21.3 Å². The van der Waals surface area contributed by atoms with Crippen molar-refractivity contribution >= 4 is 56.1 Å². The summed E-state index contributed by atoms with van der Waals surface area (Å²) in [6, 6.07) is 9.96. The molecule has 0 fully saturated rings.